The van der Waals surface area contributed by atoms with Gasteiger partial charge in [-0.3, -0.25) is 4.79 Å². The third-order valence-electron chi connectivity index (χ3n) is 5.22. The first kappa shape index (κ1) is 18.1. The number of para-hydroxylation sites is 1. The van der Waals surface area contributed by atoms with E-state index in [1.165, 1.54) is 0 Å². The van der Waals surface area contributed by atoms with Gasteiger partial charge in [0.25, 0.3) is 0 Å². The number of fused-ring (bicyclic) bond motifs is 1. The highest BCUT2D eigenvalue weighted by molar-refractivity contribution is 6.30. The van der Waals surface area contributed by atoms with Crippen molar-refractivity contribution in [3.8, 4) is 11.5 Å². The second-order valence-corrected chi connectivity index (χ2v) is 7.36. The van der Waals surface area contributed by atoms with Gasteiger partial charge in [-0.2, -0.15) is 0 Å². The van der Waals surface area contributed by atoms with E-state index in [1.807, 2.05) is 47.4 Å². The van der Waals surface area contributed by atoms with Crippen LogP contribution in [0.4, 0.5) is 0 Å². The minimum absolute atomic E-state index is 0.0948. The molecule has 1 amide bonds. The van der Waals surface area contributed by atoms with Gasteiger partial charge in [0.1, 0.15) is 11.5 Å². The minimum atomic E-state index is -0.651. The monoisotopic (exact) mass is 387 g/mol. The van der Waals surface area contributed by atoms with E-state index in [-0.39, 0.29) is 5.91 Å². The molecular weight excluding hydrogens is 366 g/mol. The van der Waals surface area contributed by atoms with E-state index in [0.29, 0.717) is 44.0 Å². The van der Waals surface area contributed by atoms with Crippen molar-refractivity contribution in [3.05, 3.63) is 58.6 Å². The fourth-order valence-electron chi connectivity index (χ4n) is 3.67. The number of amides is 1. The first-order chi connectivity index (χ1) is 13.1. The molecule has 0 bridgehead atoms. The number of ether oxygens (including phenoxy) is 3. The molecule has 0 unspecified atom stereocenters. The lowest BCUT2D eigenvalue weighted by Gasteiger charge is -2.44. The Morgan fingerprint density at radius 2 is 2.00 bits per heavy atom. The minimum Gasteiger partial charge on any atom is -0.496 e. The molecule has 1 spiro atoms. The number of hydrogen-bond acceptors (Lipinski definition) is 4. The average Bonchev–Trinajstić information content (AvgIpc) is 2.69. The fourth-order valence-corrected chi connectivity index (χ4v) is 3.86. The van der Waals surface area contributed by atoms with Gasteiger partial charge < -0.3 is 19.1 Å². The predicted octanol–water partition coefficient (Wildman–Crippen LogP) is 3.82. The quantitative estimate of drug-likeness (QED) is 0.803. The molecule has 0 aliphatic carbocycles. The average molecular weight is 388 g/mol. The van der Waals surface area contributed by atoms with E-state index in [4.69, 9.17) is 25.8 Å². The molecule has 2 aromatic rings. The summed E-state index contributed by atoms with van der Waals surface area (Å²) < 4.78 is 17.5. The molecule has 0 aromatic heterocycles. The Hall–Kier alpha value is -2.24. The predicted molar refractivity (Wildman–Crippen MR) is 102 cm³/mol. The lowest BCUT2D eigenvalue weighted by Crippen LogP contribution is -2.52. The summed E-state index contributed by atoms with van der Waals surface area (Å²) in [6, 6.07) is 13.2. The zero-order chi connectivity index (χ0) is 18.9. The third kappa shape index (κ3) is 3.75. The number of carbonyl (C=O) groups is 1. The van der Waals surface area contributed by atoms with Crippen molar-refractivity contribution in [3.63, 3.8) is 0 Å². The molecule has 2 aliphatic heterocycles. The Morgan fingerprint density at radius 1 is 1.22 bits per heavy atom. The van der Waals surface area contributed by atoms with Gasteiger partial charge in [0.05, 0.1) is 20.1 Å². The van der Waals surface area contributed by atoms with Crippen LogP contribution < -0.4 is 9.47 Å². The van der Waals surface area contributed by atoms with Gasteiger partial charge in [0, 0.05) is 42.1 Å². The van der Waals surface area contributed by atoms with Crippen molar-refractivity contribution in [1.82, 2.24) is 4.90 Å². The molecule has 1 fully saturated rings. The van der Waals surface area contributed by atoms with Crippen molar-refractivity contribution in [2.75, 3.05) is 20.2 Å². The largest absolute Gasteiger partial charge is 0.496 e. The van der Waals surface area contributed by atoms with E-state index in [1.54, 1.807) is 7.11 Å². The van der Waals surface area contributed by atoms with Crippen LogP contribution in [0.1, 0.15) is 24.0 Å². The van der Waals surface area contributed by atoms with Crippen molar-refractivity contribution < 1.29 is 19.0 Å². The standard InChI is InChI=1S/C21H22ClNO4/c1-25-18-5-3-2-4-15(18)13-20(24)23-10-8-21(9-11-23)26-14-16-12-17(22)6-7-19(16)27-21/h2-7,12H,8-11,13-14H2,1H3. The van der Waals surface area contributed by atoms with Gasteiger partial charge in [-0.05, 0) is 24.3 Å². The van der Waals surface area contributed by atoms with Crippen LogP contribution in [0.25, 0.3) is 0 Å². The van der Waals surface area contributed by atoms with Crippen LogP contribution in [0.5, 0.6) is 11.5 Å². The van der Waals surface area contributed by atoms with Crippen LogP contribution in [0, 0.1) is 0 Å². The highest BCUT2D eigenvalue weighted by atomic mass is 35.5. The smallest absolute Gasteiger partial charge is 0.227 e. The van der Waals surface area contributed by atoms with Crippen molar-refractivity contribution in [2.45, 2.75) is 31.7 Å². The molecule has 27 heavy (non-hydrogen) atoms. The van der Waals surface area contributed by atoms with Crippen LogP contribution in [-0.2, 0) is 22.6 Å². The molecule has 2 aromatic carbocycles. The van der Waals surface area contributed by atoms with Crippen molar-refractivity contribution in [2.24, 2.45) is 0 Å². The molecule has 0 N–H and O–H groups in total. The summed E-state index contributed by atoms with van der Waals surface area (Å²) in [6.07, 6.45) is 1.62. The Kier molecular flexibility index (Phi) is 4.98. The number of nitrogens with zero attached hydrogens (tertiary/aromatic N) is 1. The van der Waals surface area contributed by atoms with Crippen LogP contribution in [0.3, 0.4) is 0 Å². The molecule has 142 valence electrons. The first-order valence-corrected chi connectivity index (χ1v) is 9.47. The van der Waals surface area contributed by atoms with E-state index in [0.717, 1.165) is 22.6 Å². The molecule has 4 rings (SSSR count). The summed E-state index contributed by atoms with van der Waals surface area (Å²) in [5.74, 6) is 1.01. The lowest BCUT2D eigenvalue weighted by atomic mass is 10.0. The fraction of sp³-hybridized carbons (Fsp3) is 0.381. The molecule has 1 saturated heterocycles. The van der Waals surface area contributed by atoms with Gasteiger partial charge in [-0.25, -0.2) is 0 Å². The van der Waals surface area contributed by atoms with Gasteiger partial charge in [-0.1, -0.05) is 29.8 Å². The second kappa shape index (κ2) is 7.41. The third-order valence-corrected chi connectivity index (χ3v) is 5.46. The van der Waals surface area contributed by atoms with Crippen LogP contribution in [0.15, 0.2) is 42.5 Å². The summed E-state index contributed by atoms with van der Waals surface area (Å²) in [5, 5.41) is 0.675. The van der Waals surface area contributed by atoms with Crippen LogP contribution >= 0.6 is 11.6 Å². The zero-order valence-electron chi connectivity index (χ0n) is 15.2. The normalized spacial score (nSPS) is 17.9. The van der Waals surface area contributed by atoms with Gasteiger partial charge in [-0.15, -0.1) is 0 Å². The maximum atomic E-state index is 12.7. The highest BCUT2D eigenvalue weighted by Gasteiger charge is 2.41. The molecule has 2 heterocycles. The zero-order valence-corrected chi connectivity index (χ0v) is 16.0. The molecule has 0 atom stereocenters. The molecule has 5 nitrogen and oxygen atoms in total. The number of carbonyl (C=O) groups excluding carboxylic acids is 1. The number of rotatable bonds is 3. The number of methoxy groups -OCH3 is 1. The number of likely N-dealkylation sites (tertiary alicyclic amines) is 1. The molecule has 0 saturated carbocycles. The second-order valence-electron chi connectivity index (χ2n) is 6.92. The lowest BCUT2D eigenvalue weighted by molar-refractivity contribution is -0.227. The maximum absolute atomic E-state index is 12.7. The molecule has 0 radical (unpaired) electrons. The molecule has 6 heteroatoms. The van der Waals surface area contributed by atoms with Gasteiger partial charge in [0.15, 0.2) is 0 Å². The summed E-state index contributed by atoms with van der Waals surface area (Å²) in [7, 11) is 1.62. The summed E-state index contributed by atoms with van der Waals surface area (Å²) in [6.45, 7) is 1.69. The Bertz CT molecular complexity index is 846. The maximum Gasteiger partial charge on any atom is 0.227 e. The highest BCUT2D eigenvalue weighted by Crippen LogP contribution is 2.38. The van der Waals surface area contributed by atoms with Crippen LogP contribution in [0.2, 0.25) is 5.02 Å². The van der Waals surface area contributed by atoms with E-state index in [2.05, 4.69) is 0 Å². The Balaban J connectivity index is 1.39. The SMILES string of the molecule is COc1ccccc1CC(=O)N1CCC2(CC1)OCc1cc(Cl)ccc1O2. The number of piperidine rings is 1. The topological polar surface area (TPSA) is 48.0 Å². The summed E-state index contributed by atoms with van der Waals surface area (Å²) in [5.41, 5.74) is 1.86. The van der Waals surface area contributed by atoms with E-state index < -0.39 is 5.79 Å². The number of halogens is 1. The molecule has 2 aliphatic rings. The first-order valence-electron chi connectivity index (χ1n) is 9.10. The van der Waals surface area contributed by atoms with E-state index in [9.17, 15) is 4.79 Å². The van der Waals surface area contributed by atoms with Gasteiger partial charge >= 0.3 is 0 Å². The Labute approximate surface area is 163 Å². The van der Waals surface area contributed by atoms with Crippen LogP contribution in [-0.4, -0.2) is 36.8 Å². The number of hydrogen-bond donors (Lipinski definition) is 0. The number of benzene rings is 2. The molecular formula is C21H22ClNO4. The Morgan fingerprint density at radius 3 is 2.78 bits per heavy atom. The van der Waals surface area contributed by atoms with Gasteiger partial charge in [0.2, 0.25) is 11.7 Å². The van der Waals surface area contributed by atoms with Crippen molar-refractivity contribution >= 4 is 17.5 Å². The van der Waals surface area contributed by atoms with E-state index >= 15 is 0 Å². The van der Waals surface area contributed by atoms with Crippen molar-refractivity contribution in [1.29, 1.82) is 0 Å². The summed E-state index contributed by atoms with van der Waals surface area (Å²) in [4.78, 5) is 14.6. The summed E-state index contributed by atoms with van der Waals surface area (Å²) >= 11 is 6.03.